The number of rotatable bonds is 2. The van der Waals surface area contributed by atoms with E-state index >= 15 is 0 Å². The largest absolute Gasteiger partial charge is 0.277 e. The minimum Gasteiger partial charge on any atom is -0.277 e. The van der Waals surface area contributed by atoms with E-state index in [-0.39, 0.29) is 0 Å². The number of aromatic nitrogens is 2. The van der Waals surface area contributed by atoms with E-state index < -0.39 is 0 Å². The molecule has 4 N–H and O–H groups in total. The van der Waals surface area contributed by atoms with E-state index in [0.717, 1.165) is 16.5 Å². The summed E-state index contributed by atoms with van der Waals surface area (Å²) in [5.41, 5.74) is 4.80. The van der Waals surface area contributed by atoms with E-state index in [1.54, 1.807) is 6.20 Å². The third-order valence-corrected chi connectivity index (χ3v) is 1.86. The van der Waals surface area contributed by atoms with Crippen molar-refractivity contribution in [2.75, 3.05) is 0 Å². The van der Waals surface area contributed by atoms with Crippen LogP contribution in [0.25, 0.3) is 10.9 Å². The summed E-state index contributed by atoms with van der Waals surface area (Å²) in [6.07, 6.45) is 1.80. The summed E-state index contributed by atoms with van der Waals surface area (Å²) in [5.74, 6) is 5.24. The standard InChI is InChI=1S/C8H10N4/c9-10-4-6-2-1-3-7-5-11-12-8(6)7/h1-3,5,10H,4,9H2,(H,11,12). The van der Waals surface area contributed by atoms with Crippen molar-refractivity contribution in [2.45, 2.75) is 6.54 Å². The number of hydrazine groups is 1. The molecule has 0 saturated carbocycles. The van der Waals surface area contributed by atoms with Crippen molar-refractivity contribution in [3.05, 3.63) is 30.0 Å². The van der Waals surface area contributed by atoms with Crippen LogP contribution in [0.3, 0.4) is 0 Å². The van der Waals surface area contributed by atoms with Crippen LogP contribution >= 0.6 is 0 Å². The molecular formula is C8H10N4. The second kappa shape index (κ2) is 2.92. The number of H-pyrrole nitrogens is 1. The number of aromatic amines is 1. The van der Waals surface area contributed by atoms with Gasteiger partial charge in [-0.3, -0.25) is 16.4 Å². The summed E-state index contributed by atoms with van der Waals surface area (Å²) in [4.78, 5) is 0. The molecule has 4 nitrogen and oxygen atoms in total. The van der Waals surface area contributed by atoms with Gasteiger partial charge in [0, 0.05) is 11.9 Å². The Hall–Kier alpha value is -1.39. The maximum absolute atomic E-state index is 5.24. The zero-order chi connectivity index (χ0) is 8.39. The van der Waals surface area contributed by atoms with E-state index in [1.165, 1.54) is 0 Å². The molecule has 2 rings (SSSR count). The first-order valence-corrected chi connectivity index (χ1v) is 3.76. The Bertz CT molecular complexity index is 379. The molecule has 1 heterocycles. The number of fused-ring (bicyclic) bond motifs is 1. The van der Waals surface area contributed by atoms with Gasteiger partial charge in [0.15, 0.2) is 0 Å². The zero-order valence-corrected chi connectivity index (χ0v) is 6.54. The molecule has 0 fully saturated rings. The summed E-state index contributed by atoms with van der Waals surface area (Å²) in [5, 5.41) is 7.99. The monoisotopic (exact) mass is 162 g/mol. The first-order valence-electron chi connectivity index (χ1n) is 3.76. The third kappa shape index (κ3) is 1.07. The van der Waals surface area contributed by atoms with Crippen LogP contribution in [-0.4, -0.2) is 10.2 Å². The van der Waals surface area contributed by atoms with Crippen LogP contribution < -0.4 is 11.3 Å². The molecule has 0 bridgehead atoms. The second-order valence-corrected chi connectivity index (χ2v) is 2.63. The molecule has 1 aromatic carbocycles. The Kier molecular flexibility index (Phi) is 1.77. The molecule has 2 aromatic rings. The predicted octanol–water partition coefficient (Wildman–Crippen LogP) is 0.526. The van der Waals surface area contributed by atoms with E-state index in [2.05, 4.69) is 15.6 Å². The highest BCUT2D eigenvalue weighted by molar-refractivity contribution is 5.81. The van der Waals surface area contributed by atoms with Gasteiger partial charge in [0.2, 0.25) is 0 Å². The van der Waals surface area contributed by atoms with Crippen LogP contribution in [0.1, 0.15) is 5.56 Å². The molecule has 0 radical (unpaired) electrons. The van der Waals surface area contributed by atoms with Gasteiger partial charge in [0.1, 0.15) is 0 Å². The van der Waals surface area contributed by atoms with E-state index in [1.807, 2.05) is 18.2 Å². The van der Waals surface area contributed by atoms with Crippen LogP contribution in [-0.2, 0) is 6.54 Å². The Morgan fingerprint density at radius 2 is 2.42 bits per heavy atom. The Morgan fingerprint density at radius 1 is 1.50 bits per heavy atom. The van der Waals surface area contributed by atoms with Gasteiger partial charge in [-0.25, -0.2) is 0 Å². The summed E-state index contributed by atoms with van der Waals surface area (Å²) < 4.78 is 0. The molecule has 0 spiro atoms. The van der Waals surface area contributed by atoms with Crippen LogP contribution in [0.2, 0.25) is 0 Å². The van der Waals surface area contributed by atoms with Gasteiger partial charge in [-0.2, -0.15) is 5.10 Å². The van der Waals surface area contributed by atoms with E-state index in [9.17, 15) is 0 Å². The molecule has 0 aliphatic carbocycles. The van der Waals surface area contributed by atoms with Gasteiger partial charge in [0.25, 0.3) is 0 Å². The fourth-order valence-electron chi connectivity index (χ4n) is 1.29. The number of nitrogens with one attached hydrogen (secondary N) is 2. The first-order chi connectivity index (χ1) is 5.92. The SMILES string of the molecule is NNCc1cccc2cn[nH]c12. The topological polar surface area (TPSA) is 66.7 Å². The molecule has 0 saturated heterocycles. The second-order valence-electron chi connectivity index (χ2n) is 2.63. The minimum atomic E-state index is 0.652. The zero-order valence-electron chi connectivity index (χ0n) is 6.54. The van der Waals surface area contributed by atoms with Crippen molar-refractivity contribution in [3.8, 4) is 0 Å². The summed E-state index contributed by atoms with van der Waals surface area (Å²) in [6.45, 7) is 0.652. The molecule has 4 heteroatoms. The number of benzene rings is 1. The molecule has 0 amide bonds. The summed E-state index contributed by atoms with van der Waals surface area (Å²) in [6, 6.07) is 6.02. The number of para-hydroxylation sites is 1. The molecule has 0 unspecified atom stereocenters. The minimum absolute atomic E-state index is 0.652. The van der Waals surface area contributed by atoms with Crippen LogP contribution in [0.4, 0.5) is 0 Å². The lowest BCUT2D eigenvalue weighted by Crippen LogP contribution is -2.20. The quantitative estimate of drug-likeness (QED) is 0.445. The predicted molar refractivity (Wildman–Crippen MR) is 47.1 cm³/mol. The Balaban J connectivity index is 2.57. The van der Waals surface area contributed by atoms with Crippen molar-refractivity contribution in [2.24, 2.45) is 5.84 Å². The molecule has 0 atom stereocenters. The number of nitrogens with two attached hydrogens (primary N) is 1. The van der Waals surface area contributed by atoms with Gasteiger partial charge in [-0.15, -0.1) is 0 Å². The molecule has 12 heavy (non-hydrogen) atoms. The van der Waals surface area contributed by atoms with Crippen LogP contribution in [0.15, 0.2) is 24.4 Å². The lowest BCUT2D eigenvalue weighted by atomic mass is 10.1. The molecular weight excluding hydrogens is 152 g/mol. The number of nitrogens with zero attached hydrogens (tertiary/aromatic N) is 1. The van der Waals surface area contributed by atoms with Crippen molar-refractivity contribution < 1.29 is 0 Å². The van der Waals surface area contributed by atoms with Gasteiger partial charge < -0.3 is 0 Å². The van der Waals surface area contributed by atoms with Gasteiger partial charge in [0.05, 0.1) is 11.7 Å². The summed E-state index contributed by atoms with van der Waals surface area (Å²) in [7, 11) is 0. The maximum atomic E-state index is 5.24. The van der Waals surface area contributed by atoms with E-state index in [0.29, 0.717) is 6.54 Å². The molecule has 62 valence electrons. The average molecular weight is 162 g/mol. The molecule has 1 aromatic heterocycles. The lowest BCUT2D eigenvalue weighted by Gasteiger charge is -1.99. The normalized spacial score (nSPS) is 10.8. The van der Waals surface area contributed by atoms with Crippen molar-refractivity contribution in [1.29, 1.82) is 0 Å². The summed E-state index contributed by atoms with van der Waals surface area (Å²) >= 11 is 0. The third-order valence-electron chi connectivity index (χ3n) is 1.86. The fourth-order valence-corrected chi connectivity index (χ4v) is 1.29. The number of hydrogen-bond donors (Lipinski definition) is 3. The molecule has 0 aliphatic heterocycles. The van der Waals surface area contributed by atoms with E-state index in [4.69, 9.17) is 5.84 Å². The highest BCUT2D eigenvalue weighted by Crippen LogP contribution is 2.14. The van der Waals surface area contributed by atoms with Crippen LogP contribution in [0.5, 0.6) is 0 Å². The van der Waals surface area contributed by atoms with Gasteiger partial charge in [-0.1, -0.05) is 18.2 Å². The van der Waals surface area contributed by atoms with Crippen molar-refractivity contribution in [3.63, 3.8) is 0 Å². The first kappa shape index (κ1) is 7.27. The fraction of sp³-hybridized carbons (Fsp3) is 0.125. The van der Waals surface area contributed by atoms with Gasteiger partial charge in [-0.05, 0) is 5.56 Å². The van der Waals surface area contributed by atoms with Crippen molar-refractivity contribution in [1.82, 2.24) is 15.6 Å². The Morgan fingerprint density at radius 3 is 3.25 bits per heavy atom. The molecule has 0 aliphatic rings. The van der Waals surface area contributed by atoms with Gasteiger partial charge >= 0.3 is 0 Å². The van der Waals surface area contributed by atoms with Crippen molar-refractivity contribution >= 4 is 10.9 Å². The lowest BCUT2D eigenvalue weighted by molar-refractivity contribution is 0.744. The highest BCUT2D eigenvalue weighted by atomic mass is 15.2. The smallest absolute Gasteiger partial charge is 0.0695 e. The van der Waals surface area contributed by atoms with Crippen LogP contribution in [0, 0.1) is 0 Å². The average Bonchev–Trinajstić information content (AvgIpc) is 2.53. The highest BCUT2D eigenvalue weighted by Gasteiger charge is 1.99. The number of hydrogen-bond acceptors (Lipinski definition) is 3. The Labute approximate surface area is 69.7 Å². The maximum Gasteiger partial charge on any atom is 0.0695 e.